The maximum atomic E-state index is 11.4. The van der Waals surface area contributed by atoms with E-state index in [0.717, 1.165) is 34.0 Å². The van der Waals surface area contributed by atoms with Crippen LogP contribution in [-0.2, 0) is 23.4 Å². The monoisotopic (exact) mass is 492 g/mol. The summed E-state index contributed by atoms with van der Waals surface area (Å²) in [5, 5.41) is 9.36. The summed E-state index contributed by atoms with van der Waals surface area (Å²) in [5.41, 5.74) is 3.26. The van der Waals surface area contributed by atoms with Crippen LogP contribution in [0.1, 0.15) is 43.7 Å². The molecule has 0 fully saturated rings. The fraction of sp³-hybridized carbons (Fsp3) is 0.207. The number of carboxylic acid groups (broad SMARTS) is 1. The Balaban J connectivity index is 0.00000241. The molecule has 0 bridgehead atoms. The summed E-state index contributed by atoms with van der Waals surface area (Å²) in [4.78, 5) is 20.0. The largest absolute Gasteiger partial charge is 1.00 e. The quantitative estimate of drug-likeness (QED) is 0.324. The summed E-state index contributed by atoms with van der Waals surface area (Å²) >= 11 is 0. The number of carbonyl (C=O) groups is 1. The number of pyridine rings is 2. The van der Waals surface area contributed by atoms with Crippen molar-refractivity contribution in [3.05, 3.63) is 120 Å². The number of aliphatic carboxylic acids is 1. The molecule has 1 N–H and O–H groups in total. The molecule has 36 heavy (non-hydrogen) atoms. The molecule has 0 aliphatic heterocycles. The SMILES string of the molecule is CC(CCC(=O)O)(c1ccc(OCc2ccccn2)cc1)c1ccc(OCc2ccccn2)cc1.[H-].[Na+]. The van der Waals surface area contributed by atoms with Gasteiger partial charge in [-0.05, 0) is 66.1 Å². The molecule has 6 nitrogen and oxygen atoms in total. The number of ether oxygens (including phenoxy) is 2. The zero-order valence-corrected chi connectivity index (χ0v) is 22.6. The van der Waals surface area contributed by atoms with Gasteiger partial charge >= 0.3 is 35.5 Å². The Labute approximate surface area is 235 Å². The molecule has 4 rings (SSSR count). The summed E-state index contributed by atoms with van der Waals surface area (Å²) in [7, 11) is 0. The first-order valence-electron chi connectivity index (χ1n) is 11.5. The van der Waals surface area contributed by atoms with E-state index in [-0.39, 0.29) is 37.4 Å². The molecule has 180 valence electrons. The van der Waals surface area contributed by atoms with Gasteiger partial charge in [0.05, 0.1) is 11.4 Å². The first-order valence-corrected chi connectivity index (χ1v) is 11.5. The minimum atomic E-state index is -0.818. The molecule has 7 heteroatoms. The standard InChI is InChI=1S/C29H28N2O4.Na.H/c1-29(17-16-28(32)33,22-8-12-26(13-9-22)34-20-24-6-2-4-18-30-24)23-10-14-27(15-11-23)35-21-25-7-3-5-19-31-25;;/h2-15,18-19H,16-17,20-21H2,1H3,(H,32,33);;/q;+1;-1. The van der Waals surface area contributed by atoms with E-state index in [0.29, 0.717) is 19.6 Å². The van der Waals surface area contributed by atoms with Gasteiger partial charge in [-0.1, -0.05) is 43.3 Å². The second-order valence-corrected chi connectivity index (χ2v) is 8.49. The molecule has 0 spiro atoms. The number of benzene rings is 2. The van der Waals surface area contributed by atoms with Crippen molar-refractivity contribution in [2.75, 3.05) is 0 Å². The van der Waals surface area contributed by atoms with E-state index >= 15 is 0 Å². The molecule has 0 aliphatic carbocycles. The van der Waals surface area contributed by atoms with Crippen LogP contribution in [0.5, 0.6) is 11.5 Å². The van der Waals surface area contributed by atoms with Crippen molar-refractivity contribution in [3.8, 4) is 11.5 Å². The van der Waals surface area contributed by atoms with Gasteiger partial charge < -0.3 is 16.0 Å². The van der Waals surface area contributed by atoms with Crippen molar-refractivity contribution >= 4 is 5.97 Å². The van der Waals surface area contributed by atoms with E-state index in [1.165, 1.54) is 0 Å². The fourth-order valence-corrected chi connectivity index (χ4v) is 3.93. The second-order valence-electron chi connectivity index (χ2n) is 8.49. The Kier molecular flexibility index (Phi) is 10.1. The Hall–Kier alpha value is -3.19. The van der Waals surface area contributed by atoms with Crippen LogP contribution in [0.15, 0.2) is 97.3 Å². The number of carboxylic acids is 1. The van der Waals surface area contributed by atoms with E-state index < -0.39 is 11.4 Å². The van der Waals surface area contributed by atoms with Crippen molar-refractivity contribution in [1.82, 2.24) is 9.97 Å². The van der Waals surface area contributed by atoms with E-state index in [9.17, 15) is 9.90 Å². The van der Waals surface area contributed by atoms with Gasteiger partial charge in [0.15, 0.2) is 0 Å². The van der Waals surface area contributed by atoms with Crippen LogP contribution in [0.25, 0.3) is 0 Å². The minimum Gasteiger partial charge on any atom is -1.00 e. The summed E-state index contributed by atoms with van der Waals surface area (Å²) in [6.45, 7) is 2.84. The van der Waals surface area contributed by atoms with Gasteiger partial charge in [-0.3, -0.25) is 14.8 Å². The summed E-state index contributed by atoms with van der Waals surface area (Å²) in [6.07, 6.45) is 4.01. The zero-order valence-electron chi connectivity index (χ0n) is 21.6. The topological polar surface area (TPSA) is 81.5 Å². The van der Waals surface area contributed by atoms with Crippen molar-refractivity contribution in [1.29, 1.82) is 0 Å². The zero-order chi connectivity index (χ0) is 24.5. The first kappa shape index (κ1) is 27.4. The van der Waals surface area contributed by atoms with Crippen LogP contribution in [0.3, 0.4) is 0 Å². The Morgan fingerprint density at radius 1 is 0.778 bits per heavy atom. The molecule has 2 aromatic heterocycles. The summed E-state index contributed by atoms with van der Waals surface area (Å²) in [5.74, 6) is 0.651. The van der Waals surface area contributed by atoms with Gasteiger partial charge in [-0.15, -0.1) is 0 Å². The van der Waals surface area contributed by atoms with Crippen LogP contribution < -0.4 is 39.0 Å². The average molecular weight is 493 g/mol. The molecule has 0 aliphatic rings. The Morgan fingerprint density at radius 3 is 1.58 bits per heavy atom. The van der Waals surface area contributed by atoms with E-state index in [2.05, 4.69) is 16.9 Å². The van der Waals surface area contributed by atoms with E-state index in [4.69, 9.17) is 9.47 Å². The third-order valence-corrected chi connectivity index (χ3v) is 6.05. The van der Waals surface area contributed by atoms with Gasteiger partial charge in [0.25, 0.3) is 0 Å². The Morgan fingerprint density at radius 2 is 1.22 bits per heavy atom. The van der Waals surface area contributed by atoms with Gasteiger partial charge in [-0.2, -0.15) is 0 Å². The first-order chi connectivity index (χ1) is 17.0. The summed E-state index contributed by atoms with van der Waals surface area (Å²) < 4.78 is 11.7. The molecule has 0 saturated heterocycles. The molecule has 0 atom stereocenters. The van der Waals surface area contributed by atoms with Crippen molar-refractivity contribution < 1.29 is 50.4 Å². The average Bonchev–Trinajstić information content (AvgIpc) is 2.91. The predicted octanol–water partition coefficient (Wildman–Crippen LogP) is 2.92. The fourth-order valence-electron chi connectivity index (χ4n) is 3.93. The van der Waals surface area contributed by atoms with Crippen molar-refractivity contribution in [2.45, 2.75) is 38.4 Å². The number of aromatic nitrogens is 2. The molecule has 0 saturated carbocycles. The molecule has 4 aromatic rings. The van der Waals surface area contributed by atoms with Crippen LogP contribution in [0, 0.1) is 0 Å². The molecular weight excluding hydrogens is 463 g/mol. The van der Waals surface area contributed by atoms with Crippen molar-refractivity contribution in [2.24, 2.45) is 0 Å². The normalized spacial score (nSPS) is 10.8. The van der Waals surface area contributed by atoms with Crippen LogP contribution >= 0.6 is 0 Å². The molecule has 0 radical (unpaired) electrons. The van der Waals surface area contributed by atoms with Crippen LogP contribution in [0.4, 0.5) is 0 Å². The van der Waals surface area contributed by atoms with Crippen LogP contribution in [-0.4, -0.2) is 21.0 Å². The van der Waals surface area contributed by atoms with E-state index in [1.54, 1.807) is 12.4 Å². The van der Waals surface area contributed by atoms with Crippen LogP contribution in [0.2, 0.25) is 0 Å². The Bertz CT molecular complexity index is 1140. The number of rotatable bonds is 11. The minimum absolute atomic E-state index is 0. The molecule has 0 amide bonds. The molecular formula is C29H29N2NaO4. The maximum absolute atomic E-state index is 11.4. The van der Waals surface area contributed by atoms with Gasteiger partial charge in [0, 0.05) is 24.2 Å². The van der Waals surface area contributed by atoms with E-state index in [1.807, 2.05) is 84.9 Å². The summed E-state index contributed by atoms with van der Waals surface area (Å²) in [6, 6.07) is 27.1. The smallest absolute Gasteiger partial charge is 1.00 e. The van der Waals surface area contributed by atoms with Crippen molar-refractivity contribution in [3.63, 3.8) is 0 Å². The predicted molar refractivity (Wildman–Crippen MR) is 134 cm³/mol. The van der Waals surface area contributed by atoms with Gasteiger partial charge in [-0.25, -0.2) is 0 Å². The number of nitrogens with zero attached hydrogens (tertiary/aromatic N) is 2. The number of hydrogen-bond donors (Lipinski definition) is 1. The third-order valence-electron chi connectivity index (χ3n) is 6.05. The maximum Gasteiger partial charge on any atom is 1.00 e. The third kappa shape index (κ3) is 7.40. The van der Waals surface area contributed by atoms with Gasteiger partial charge in [0.2, 0.25) is 0 Å². The molecule has 2 aromatic carbocycles. The van der Waals surface area contributed by atoms with Gasteiger partial charge in [0.1, 0.15) is 24.7 Å². The second kappa shape index (κ2) is 13.2. The number of hydrogen-bond acceptors (Lipinski definition) is 5. The molecule has 0 unspecified atom stereocenters. The molecule has 2 heterocycles.